The van der Waals surface area contributed by atoms with E-state index in [0.29, 0.717) is 25.5 Å². The van der Waals surface area contributed by atoms with Crippen LogP contribution in [0.4, 0.5) is 0 Å². The van der Waals surface area contributed by atoms with Crippen LogP contribution in [0.2, 0.25) is 0 Å². The summed E-state index contributed by atoms with van der Waals surface area (Å²) < 4.78 is 5.61. The first-order valence-electron chi connectivity index (χ1n) is 6.54. The standard InChI is InChI=1S/C13H19ClN2O2S/c1-3-11-7-18-9(2)6-16(11)13(17)4-12-15-10(5-14)8-19-12/h8-9,11H,3-7H2,1-2H3. The van der Waals surface area contributed by atoms with Crippen molar-refractivity contribution in [3.05, 3.63) is 16.1 Å². The highest BCUT2D eigenvalue weighted by Crippen LogP contribution is 2.18. The fourth-order valence-electron chi connectivity index (χ4n) is 2.21. The lowest BCUT2D eigenvalue weighted by atomic mass is 10.1. The van der Waals surface area contributed by atoms with Gasteiger partial charge < -0.3 is 9.64 Å². The topological polar surface area (TPSA) is 42.4 Å². The van der Waals surface area contributed by atoms with E-state index in [9.17, 15) is 4.79 Å². The quantitative estimate of drug-likeness (QED) is 0.802. The number of hydrogen-bond donors (Lipinski definition) is 0. The zero-order chi connectivity index (χ0) is 13.8. The minimum atomic E-state index is 0.112. The van der Waals surface area contributed by atoms with Gasteiger partial charge in [0.15, 0.2) is 0 Å². The third-order valence-electron chi connectivity index (χ3n) is 3.30. The summed E-state index contributed by atoms with van der Waals surface area (Å²) >= 11 is 7.22. The summed E-state index contributed by atoms with van der Waals surface area (Å²) in [5.74, 6) is 0.536. The zero-order valence-electron chi connectivity index (χ0n) is 11.3. The van der Waals surface area contributed by atoms with Gasteiger partial charge in [-0.1, -0.05) is 6.92 Å². The number of morpholine rings is 1. The molecular formula is C13H19ClN2O2S. The molecule has 0 saturated carbocycles. The van der Waals surface area contributed by atoms with Crippen molar-refractivity contribution in [3.63, 3.8) is 0 Å². The maximum absolute atomic E-state index is 12.4. The Morgan fingerprint density at radius 2 is 2.47 bits per heavy atom. The molecule has 2 atom stereocenters. The second-order valence-electron chi connectivity index (χ2n) is 4.80. The highest BCUT2D eigenvalue weighted by atomic mass is 35.5. The number of alkyl halides is 1. The van der Waals surface area contributed by atoms with Gasteiger partial charge in [-0.2, -0.15) is 0 Å². The number of nitrogens with zero attached hydrogens (tertiary/aromatic N) is 2. The third-order valence-corrected chi connectivity index (χ3v) is 4.47. The van der Waals surface area contributed by atoms with E-state index in [1.165, 1.54) is 11.3 Å². The van der Waals surface area contributed by atoms with Crippen molar-refractivity contribution in [2.45, 2.75) is 44.7 Å². The molecule has 0 bridgehead atoms. The van der Waals surface area contributed by atoms with E-state index >= 15 is 0 Å². The van der Waals surface area contributed by atoms with E-state index in [-0.39, 0.29) is 18.1 Å². The molecule has 1 amide bonds. The largest absolute Gasteiger partial charge is 0.375 e. The molecule has 2 rings (SSSR count). The summed E-state index contributed by atoms with van der Waals surface area (Å²) in [5.41, 5.74) is 0.844. The molecule has 1 aromatic rings. The number of amides is 1. The Morgan fingerprint density at radius 3 is 3.11 bits per heavy atom. The van der Waals surface area contributed by atoms with Crippen molar-refractivity contribution in [3.8, 4) is 0 Å². The van der Waals surface area contributed by atoms with Crippen LogP contribution < -0.4 is 0 Å². The Kier molecular flexibility index (Phi) is 5.19. The predicted molar refractivity (Wildman–Crippen MR) is 76.6 cm³/mol. The van der Waals surface area contributed by atoms with Crippen LogP contribution in [-0.2, 0) is 21.8 Å². The first-order valence-corrected chi connectivity index (χ1v) is 7.95. The Morgan fingerprint density at radius 1 is 1.68 bits per heavy atom. The minimum absolute atomic E-state index is 0.112. The molecule has 2 heterocycles. The van der Waals surface area contributed by atoms with Gasteiger partial charge in [-0.05, 0) is 13.3 Å². The van der Waals surface area contributed by atoms with Gasteiger partial charge in [-0.3, -0.25) is 4.79 Å². The zero-order valence-corrected chi connectivity index (χ0v) is 12.8. The number of hydrogen-bond acceptors (Lipinski definition) is 4. The molecule has 0 aliphatic carbocycles. The molecule has 0 N–H and O–H groups in total. The van der Waals surface area contributed by atoms with Crippen LogP contribution in [0.15, 0.2) is 5.38 Å². The number of rotatable bonds is 4. The Balaban J connectivity index is 2.00. The van der Waals surface area contributed by atoms with E-state index in [1.807, 2.05) is 17.2 Å². The van der Waals surface area contributed by atoms with Crippen LogP contribution in [0, 0.1) is 0 Å². The molecule has 4 nitrogen and oxygen atoms in total. The van der Waals surface area contributed by atoms with Crippen LogP contribution in [0.3, 0.4) is 0 Å². The van der Waals surface area contributed by atoms with Crippen LogP contribution in [0.5, 0.6) is 0 Å². The van der Waals surface area contributed by atoms with Gasteiger partial charge in [0.1, 0.15) is 5.01 Å². The van der Waals surface area contributed by atoms with Crippen molar-refractivity contribution in [2.75, 3.05) is 13.2 Å². The van der Waals surface area contributed by atoms with Crippen LogP contribution in [0.1, 0.15) is 31.0 Å². The summed E-state index contributed by atoms with van der Waals surface area (Å²) in [6.45, 7) is 5.39. The normalized spacial score (nSPS) is 23.6. The Labute approximate surface area is 122 Å². The molecule has 1 aliphatic rings. The molecule has 1 saturated heterocycles. The number of carbonyl (C=O) groups excluding carboxylic acids is 1. The fraction of sp³-hybridized carbons (Fsp3) is 0.692. The van der Waals surface area contributed by atoms with E-state index in [4.69, 9.17) is 16.3 Å². The van der Waals surface area contributed by atoms with Gasteiger partial charge in [0.25, 0.3) is 0 Å². The van der Waals surface area contributed by atoms with Crippen molar-refractivity contribution in [1.29, 1.82) is 0 Å². The van der Waals surface area contributed by atoms with Crippen molar-refractivity contribution in [2.24, 2.45) is 0 Å². The van der Waals surface area contributed by atoms with Gasteiger partial charge in [0.05, 0.1) is 36.7 Å². The average Bonchev–Trinajstić information content (AvgIpc) is 2.86. The predicted octanol–water partition coefficient (Wildman–Crippen LogP) is 2.45. The summed E-state index contributed by atoms with van der Waals surface area (Å²) in [4.78, 5) is 18.7. The van der Waals surface area contributed by atoms with Gasteiger partial charge in [-0.15, -0.1) is 22.9 Å². The molecule has 1 aromatic heterocycles. The van der Waals surface area contributed by atoms with Crippen molar-refractivity contribution in [1.82, 2.24) is 9.88 Å². The highest BCUT2D eigenvalue weighted by Gasteiger charge is 2.29. The van der Waals surface area contributed by atoms with Gasteiger partial charge in [0, 0.05) is 11.9 Å². The van der Waals surface area contributed by atoms with Crippen molar-refractivity contribution < 1.29 is 9.53 Å². The van der Waals surface area contributed by atoms with Crippen LogP contribution in [-0.4, -0.2) is 41.1 Å². The summed E-state index contributed by atoms with van der Waals surface area (Å²) in [6, 6.07) is 0.191. The molecule has 0 aromatic carbocycles. The Hall–Kier alpha value is -0.650. The molecule has 0 spiro atoms. The van der Waals surface area contributed by atoms with E-state index in [0.717, 1.165) is 17.1 Å². The lowest BCUT2D eigenvalue weighted by Gasteiger charge is -2.38. The van der Waals surface area contributed by atoms with E-state index in [1.54, 1.807) is 0 Å². The fourth-order valence-corrected chi connectivity index (χ4v) is 3.22. The maximum Gasteiger partial charge on any atom is 0.229 e. The number of halogens is 1. The lowest BCUT2D eigenvalue weighted by molar-refractivity contribution is -0.143. The molecule has 106 valence electrons. The van der Waals surface area contributed by atoms with E-state index in [2.05, 4.69) is 11.9 Å². The van der Waals surface area contributed by atoms with Gasteiger partial charge >= 0.3 is 0 Å². The lowest BCUT2D eigenvalue weighted by Crippen LogP contribution is -2.51. The molecule has 19 heavy (non-hydrogen) atoms. The molecular weight excluding hydrogens is 284 g/mol. The molecule has 1 fully saturated rings. The Bertz CT molecular complexity index is 438. The van der Waals surface area contributed by atoms with E-state index < -0.39 is 0 Å². The molecule has 0 radical (unpaired) electrons. The summed E-state index contributed by atoms with van der Waals surface area (Å²) in [5, 5.41) is 2.75. The smallest absolute Gasteiger partial charge is 0.229 e. The van der Waals surface area contributed by atoms with Crippen LogP contribution >= 0.6 is 22.9 Å². The number of aromatic nitrogens is 1. The summed E-state index contributed by atoms with van der Waals surface area (Å²) in [7, 11) is 0. The first-order chi connectivity index (χ1) is 9.13. The minimum Gasteiger partial charge on any atom is -0.375 e. The number of thiazole rings is 1. The van der Waals surface area contributed by atoms with Gasteiger partial charge in [0.2, 0.25) is 5.91 Å². The average molecular weight is 303 g/mol. The second kappa shape index (κ2) is 6.68. The van der Waals surface area contributed by atoms with Gasteiger partial charge in [-0.25, -0.2) is 4.98 Å². The molecule has 6 heteroatoms. The number of carbonyl (C=O) groups is 1. The highest BCUT2D eigenvalue weighted by molar-refractivity contribution is 7.09. The molecule has 1 aliphatic heterocycles. The third kappa shape index (κ3) is 3.68. The maximum atomic E-state index is 12.4. The monoisotopic (exact) mass is 302 g/mol. The van der Waals surface area contributed by atoms with Crippen LogP contribution in [0.25, 0.3) is 0 Å². The summed E-state index contributed by atoms with van der Waals surface area (Å²) in [6.07, 6.45) is 1.40. The first kappa shape index (κ1) is 14.8. The second-order valence-corrected chi connectivity index (χ2v) is 6.01. The number of ether oxygens (including phenoxy) is 1. The molecule has 2 unspecified atom stereocenters. The van der Waals surface area contributed by atoms with Crippen molar-refractivity contribution >= 4 is 28.8 Å². The SMILES string of the molecule is CCC1COC(C)CN1C(=O)Cc1nc(CCl)cs1.